The number of halogens is 1. The molecule has 0 saturated heterocycles. The van der Waals surface area contributed by atoms with Crippen LogP contribution < -0.4 is 16.2 Å². The lowest BCUT2D eigenvalue weighted by Crippen LogP contribution is -2.29. The number of carbonyl (C=O) groups excluding carboxylic acids is 2. The second-order valence-corrected chi connectivity index (χ2v) is 8.02. The zero-order chi connectivity index (χ0) is 21.1. The summed E-state index contributed by atoms with van der Waals surface area (Å²) >= 11 is 3.37. The number of hydrogen-bond donors (Lipinski definition) is 2. The quantitative estimate of drug-likeness (QED) is 0.605. The van der Waals surface area contributed by atoms with Gasteiger partial charge in [0.25, 0.3) is 11.5 Å². The second kappa shape index (κ2) is 8.57. The first-order valence-electron chi connectivity index (χ1n) is 9.14. The molecule has 0 aliphatic carbocycles. The fourth-order valence-corrected chi connectivity index (χ4v) is 3.33. The monoisotopic (exact) mass is 456 g/mol. The molecule has 0 saturated carbocycles. The van der Waals surface area contributed by atoms with Crippen molar-refractivity contribution in [3.8, 4) is 0 Å². The average molecular weight is 457 g/mol. The molecule has 0 unspecified atom stereocenters. The molecule has 0 spiro atoms. The standard InChI is InChI=1S/C21H21BrN4O3/c1-12(2)11-26-21(29)16-7-5-4-6-15(16)19(25-26)20(28)24-18-10-14(22)8-9-17(18)23-13(3)27/h4-10,12H,11H2,1-3H3,(H,23,27)(H,24,28). The molecular weight excluding hydrogens is 436 g/mol. The third-order valence-corrected chi connectivity index (χ3v) is 4.65. The number of fused-ring (bicyclic) bond motifs is 1. The van der Waals surface area contributed by atoms with Gasteiger partial charge in [0.05, 0.1) is 16.8 Å². The van der Waals surface area contributed by atoms with Crippen LogP contribution in [0.5, 0.6) is 0 Å². The Morgan fingerprint density at radius 1 is 1.07 bits per heavy atom. The molecular formula is C21H21BrN4O3. The number of nitrogens with one attached hydrogen (secondary N) is 2. The highest BCUT2D eigenvalue weighted by Crippen LogP contribution is 2.27. The molecule has 8 heteroatoms. The van der Waals surface area contributed by atoms with Crippen LogP contribution in [-0.4, -0.2) is 21.6 Å². The average Bonchev–Trinajstić information content (AvgIpc) is 2.65. The number of anilines is 2. The summed E-state index contributed by atoms with van der Waals surface area (Å²) in [7, 11) is 0. The summed E-state index contributed by atoms with van der Waals surface area (Å²) in [5.41, 5.74) is 0.808. The molecule has 2 aromatic carbocycles. The van der Waals surface area contributed by atoms with E-state index in [1.54, 1.807) is 42.5 Å². The lowest BCUT2D eigenvalue weighted by molar-refractivity contribution is -0.114. The maximum Gasteiger partial charge on any atom is 0.276 e. The van der Waals surface area contributed by atoms with Gasteiger partial charge < -0.3 is 10.6 Å². The second-order valence-electron chi connectivity index (χ2n) is 7.10. The minimum absolute atomic E-state index is 0.148. The zero-order valence-corrected chi connectivity index (χ0v) is 17.9. The number of rotatable bonds is 5. The molecule has 150 valence electrons. The molecule has 29 heavy (non-hydrogen) atoms. The summed E-state index contributed by atoms with van der Waals surface area (Å²) < 4.78 is 2.07. The van der Waals surface area contributed by atoms with E-state index in [9.17, 15) is 14.4 Å². The molecule has 0 radical (unpaired) electrons. The number of aromatic nitrogens is 2. The highest BCUT2D eigenvalue weighted by molar-refractivity contribution is 9.10. The normalized spacial score (nSPS) is 10.9. The third kappa shape index (κ3) is 4.71. The van der Waals surface area contributed by atoms with Crippen molar-refractivity contribution < 1.29 is 9.59 Å². The fourth-order valence-electron chi connectivity index (χ4n) is 2.97. The van der Waals surface area contributed by atoms with Gasteiger partial charge in [-0.3, -0.25) is 14.4 Å². The van der Waals surface area contributed by atoms with E-state index in [1.807, 2.05) is 13.8 Å². The van der Waals surface area contributed by atoms with Crippen LogP contribution in [0.25, 0.3) is 10.8 Å². The maximum atomic E-state index is 13.1. The molecule has 0 fully saturated rings. The van der Waals surface area contributed by atoms with Gasteiger partial charge in [0.1, 0.15) is 0 Å². The van der Waals surface area contributed by atoms with E-state index in [0.717, 1.165) is 4.47 Å². The summed E-state index contributed by atoms with van der Waals surface area (Å²) in [6.45, 7) is 5.75. The smallest absolute Gasteiger partial charge is 0.276 e. The molecule has 2 amide bonds. The summed E-state index contributed by atoms with van der Waals surface area (Å²) in [5, 5.41) is 10.8. The van der Waals surface area contributed by atoms with Gasteiger partial charge in [-0.05, 0) is 30.2 Å². The van der Waals surface area contributed by atoms with Gasteiger partial charge in [0, 0.05) is 23.3 Å². The van der Waals surface area contributed by atoms with Crippen LogP contribution in [0, 0.1) is 5.92 Å². The Bertz CT molecular complexity index is 1150. The largest absolute Gasteiger partial charge is 0.325 e. The SMILES string of the molecule is CC(=O)Nc1ccc(Br)cc1NC(=O)c1nn(CC(C)C)c(=O)c2ccccc12. The molecule has 0 atom stereocenters. The first-order valence-corrected chi connectivity index (χ1v) is 9.94. The summed E-state index contributed by atoms with van der Waals surface area (Å²) in [6, 6.07) is 12.0. The number of nitrogens with zero attached hydrogens (tertiary/aromatic N) is 2. The van der Waals surface area contributed by atoms with Crippen molar-refractivity contribution in [1.82, 2.24) is 9.78 Å². The van der Waals surface area contributed by atoms with Crippen LogP contribution in [-0.2, 0) is 11.3 Å². The lowest BCUT2D eigenvalue weighted by atomic mass is 10.1. The van der Waals surface area contributed by atoms with E-state index in [1.165, 1.54) is 11.6 Å². The van der Waals surface area contributed by atoms with Crippen LogP contribution in [0.4, 0.5) is 11.4 Å². The van der Waals surface area contributed by atoms with Crippen LogP contribution in [0.1, 0.15) is 31.3 Å². The van der Waals surface area contributed by atoms with E-state index in [2.05, 4.69) is 31.7 Å². The number of amides is 2. The minimum Gasteiger partial charge on any atom is -0.325 e. The van der Waals surface area contributed by atoms with Gasteiger partial charge in [0.2, 0.25) is 5.91 Å². The Balaban J connectivity index is 2.08. The van der Waals surface area contributed by atoms with Crippen molar-refractivity contribution in [2.45, 2.75) is 27.3 Å². The lowest BCUT2D eigenvalue weighted by Gasteiger charge is -2.14. The molecule has 0 aliphatic rings. The Kier molecular flexibility index (Phi) is 6.12. The van der Waals surface area contributed by atoms with E-state index >= 15 is 0 Å². The minimum atomic E-state index is -0.469. The van der Waals surface area contributed by atoms with Crippen LogP contribution in [0.2, 0.25) is 0 Å². The molecule has 3 aromatic rings. The zero-order valence-electron chi connectivity index (χ0n) is 16.3. The van der Waals surface area contributed by atoms with Gasteiger partial charge in [-0.15, -0.1) is 0 Å². The molecule has 0 aliphatic heterocycles. The Labute approximate surface area is 176 Å². The number of hydrogen-bond acceptors (Lipinski definition) is 4. The first-order chi connectivity index (χ1) is 13.8. The van der Waals surface area contributed by atoms with Crippen LogP contribution >= 0.6 is 15.9 Å². The Hall–Kier alpha value is -3.00. The van der Waals surface area contributed by atoms with Gasteiger partial charge in [0.15, 0.2) is 5.69 Å². The van der Waals surface area contributed by atoms with Crippen molar-refractivity contribution in [3.63, 3.8) is 0 Å². The van der Waals surface area contributed by atoms with Crippen molar-refractivity contribution in [2.75, 3.05) is 10.6 Å². The predicted octanol–water partition coefficient (Wildman–Crippen LogP) is 4.03. The molecule has 2 N–H and O–H groups in total. The molecule has 7 nitrogen and oxygen atoms in total. The van der Waals surface area contributed by atoms with Crippen molar-refractivity contribution in [2.24, 2.45) is 5.92 Å². The van der Waals surface area contributed by atoms with E-state index in [-0.39, 0.29) is 23.1 Å². The Morgan fingerprint density at radius 3 is 2.41 bits per heavy atom. The van der Waals surface area contributed by atoms with Crippen LogP contribution in [0.15, 0.2) is 51.7 Å². The van der Waals surface area contributed by atoms with Crippen LogP contribution in [0.3, 0.4) is 0 Å². The molecule has 0 bridgehead atoms. The Morgan fingerprint density at radius 2 is 1.76 bits per heavy atom. The van der Waals surface area contributed by atoms with Crippen molar-refractivity contribution in [1.29, 1.82) is 0 Å². The third-order valence-electron chi connectivity index (χ3n) is 4.16. The van der Waals surface area contributed by atoms with Crippen molar-refractivity contribution in [3.05, 3.63) is 63.0 Å². The first kappa shape index (κ1) is 20.7. The summed E-state index contributed by atoms with van der Waals surface area (Å²) in [5.74, 6) is -0.533. The van der Waals surface area contributed by atoms with Gasteiger partial charge in [-0.1, -0.05) is 48.0 Å². The predicted molar refractivity (Wildman–Crippen MR) is 117 cm³/mol. The van der Waals surface area contributed by atoms with E-state index in [4.69, 9.17) is 0 Å². The fraction of sp³-hybridized carbons (Fsp3) is 0.238. The van der Waals surface area contributed by atoms with E-state index in [0.29, 0.717) is 28.7 Å². The molecule has 1 heterocycles. The number of benzene rings is 2. The molecule has 3 rings (SSSR count). The number of carbonyl (C=O) groups is 2. The van der Waals surface area contributed by atoms with Gasteiger partial charge in [-0.2, -0.15) is 5.10 Å². The highest BCUT2D eigenvalue weighted by atomic mass is 79.9. The summed E-state index contributed by atoms with van der Waals surface area (Å²) in [4.78, 5) is 37.3. The highest BCUT2D eigenvalue weighted by Gasteiger charge is 2.18. The maximum absolute atomic E-state index is 13.1. The molecule has 1 aromatic heterocycles. The van der Waals surface area contributed by atoms with Gasteiger partial charge >= 0.3 is 0 Å². The topological polar surface area (TPSA) is 93.1 Å². The van der Waals surface area contributed by atoms with E-state index < -0.39 is 5.91 Å². The van der Waals surface area contributed by atoms with Crippen molar-refractivity contribution >= 4 is 49.9 Å². The van der Waals surface area contributed by atoms with Gasteiger partial charge in [-0.25, -0.2) is 4.68 Å². The summed E-state index contributed by atoms with van der Waals surface area (Å²) in [6.07, 6.45) is 0.